The van der Waals surface area contributed by atoms with Crippen LogP contribution in [0.1, 0.15) is 30.1 Å². The molecule has 2 aromatic rings. The van der Waals surface area contributed by atoms with E-state index in [1.54, 1.807) is 6.26 Å². The van der Waals surface area contributed by atoms with Gasteiger partial charge >= 0.3 is 0 Å². The number of hydrogen-bond donors (Lipinski definition) is 1. The Morgan fingerprint density at radius 2 is 2.10 bits per heavy atom. The first-order chi connectivity index (χ1) is 10.3. The summed E-state index contributed by atoms with van der Waals surface area (Å²) in [6, 6.07) is 14.0. The Morgan fingerprint density at radius 1 is 1.24 bits per heavy atom. The highest BCUT2D eigenvalue weighted by Crippen LogP contribution is 2.47. The maximum absolute atomic E-state index is 11.9. The Labute approximate surface area is 124 Å². The molecule has 1 aromatic heterocycles. The minimum atomic E-state index is -0.0122. The molecule has 1 amide bonds. The molecule has 0 radical (unpaired) electrons. The molecule has 110 valence electrons. The second kappa shape index (κ2) is 6.59. The van der Waals surface area contributed by atoms with Gasteiger partial charge in [0.2, 0.25) is 5.91 Å². The molecule has 3 rings (SSSR count). The van der Waals surface area contributed by atoms with Crippen molar-refractivity contribution < 1.29 is 14.0 Å². The van der Waals surface area contributed by atoms with Crippen LogP contribution in [0, 0.1) is 5.92 Å². The topological polar surface area (TPSA) is 51.5 Å². The number of hydrogen-bond acceptors (Lipinski definition) is 3. The number of carbonyl (C=O) groups excluding carboxylic acids is 1. The van der Waals surface area contributed by atoms with Gasteiger partial charge in [-0.2, -0.15) is 0 Å². The zero-order valence-electron chi connectivity index (χ0n) is 11.8. The molecule has 2 unspecified atom stereocenters. The van der Waals surface area contributed by atoms with Crippen LogP contribution in [0.15, 0.2) is 53.1 Å². The molecule has 1 saturated carbocycles. The zero-order chi connectivity index (χ0) is 14.5. The quantitative estimate of drug-likeness (QED) is 0.628. The Balaban J connectivity index is 1.32. The van der Waals surface area contributed by atoms with Crippen LogP contribution >= 0.6 is 0 Å². The Hall–Kier alpha value is -2.07. The van der Waals surface area contributed by atoms with E-state index in [-0.39, 0.29) is 11.8 Å². The molecule has 4 heteroatoms. The van der Waals surface area contributed by atoms with Crippen LogP contribution < -0.4 is 5.48 Å². The van der Waals surface area contributed by atoms with Crippen LogP contribution in [-0.4, -0.2) is 12.5 Å². The SMILES string of the molecule is O=C(NOCCCc1ccco1)C1CC1c1ccccc1. The van der Waals surface area contributed by atoms with Crippen molar-refractivity contribution in [3.05, 3.63) is 60.1 Å². The summed E-state index contributed by atoms with van der Waals surface area (Å²) in [5.41, 5.74) is 3.79. The smallest absolute Gasteiger partial charge is 0.247 e. The lowest BCUT2D eigenvalue weighted by molar-refractivity contribution is -0.135. The molecule has 1 aromatic carbocycles. The van der Waals surface area contributed by atoms with E-state index in [4.69, 9.17) is 9.25 Å². The van der Waals surface area contributed by atoms with Gasteiger partial charge in [-0.05, 0) is 36.5 Å². The number of rotatable bonds is 7. The number of furan rings is 1. The van der Waals surface area contributed by atoms with E-state index in [2.05, 4.69) is 17.6 Å². The summed E-state index contributed by atoms with van der Waals surface area (Å²) in [4.78, 5) is 17.2. The first kappa shape index (κ1) is 13.9. The van der Waals surface area contributed by atoms with E-state index in [1.807, 2.05) is 30.3 Å². The summed E-state index contributed by atoms with van der Waals surface area (Å²) in [5, 5.41) is 0. The van der Waals surface area contributed by atoms with E-state index in [0.717, 1.165) is 25.0 Å². The second-order valence-electron chi connectivity index (χ2n) is 5.36. The Bertz CT molecular complexity index is 565. The van der Waals surface area contributed by atoms with Crippen molar-refractivity contribution in [2.24, 2.45) is 5.92 Å². The molecule has 1 aliphatic rings. The van der Waals surface area contributed by atoms with Crippen LogP contribution in [0.2, 0.25) is 0 Å². The zero-order valence-corrected chi connectivity index (χ0v) is 11.8. The molecule has 4 nitrogen and oxygen atoms in total. The van der Waals surface area contributed by atoms with Crippen LogP contribution in [0.5, 0.6) is 0 Å². The van der Waals surface area contributed by atoms with E-state index in [9.17, 15) is 4.79 Å². The number of aryl methyl sites for hydroxylation is 1. The lowest BCUT2D eigenvalue weighted by Crippen LogP contribution is -2.26. The highest BCUT2D eigenvalue weighted by Gasteiger charge is 2.43. The number of nitrogens with one attached hydrogen (secondary N) is 1. The van der Waals surface area contributed by atoms with Gasteiger partial charge in [0.05, 0.1) is 12.9 Å². The molecule has 0 bridgehead atoms. The fraction of sp³-hybridized carbons (Fsp3) is 0.353. The van der Waals surface area contributed by atoms with Gasteiger partial charge in [0.15, 0.2) is 0 Å². The number of amides is 1. The van der Waals surface area contributed by atoms with Gasteiger partial charge in [-0.1, -0.05) is 30.3 Å². The highest BCUT2D eigenvalue weighted by molar-refractivity contribution is 5.81. The third-order valence-electron chi connectivity index (χ3n) is 3.78. The van der Waals surface area contributed by atoms with E-state index < -0.39 is 0 Å². The van der Waals surface area contributed by atoms with Crippen molar-refractivity contribution in [1.29, 1.82) is 0 Å². The van der Waals surface area contributed by atoms with E-state index in [0.29, 0.717) is 12.5 Å². The molecular weight excluding hydrogens is 266 g/mol. The van der Waals surface area contributed by atoms with Gasteiger partial charge in [-0.25, -0.2) is 5.48 Å². The van der Waals surface area contributed by atoms with Crippen molar-refractivity contribution >= 4 is 5.91 Å². The first-order valence-electron chi connectivity index (χ1n) is 7.33. The maximum atomic E-state index is 11.9. The molecule has 0 spiro atoms. The molecule has 1 N–H and O–H groups in total. The highest BCUT2D eigenvalue weighted by atomic mass is 16.6. The third kappa shape index (κ3) is 3.73. The minimum Gasteiger partial charge on any atom is -0.469 e. The van der Waals surface area contributed by atoms with Crippen molar-refractivity contribution in [2.45, 2.75) is 25.2 Å². The lowest BCUT2D eigenvalue weighted by atomic mass is 10.1. The number of carbonyl (C=O) groups is 1. The van der Waals surface area contributed by atoms with E-state index in [1.165, 1.54) is 5.56 Å². The summed E-state index contributed by atoms with van der Waals surface area (Å²) in [7, 11) is 0. The molecule has 21 heavy (non-hydrogen) atoms. The largest absolute Gasteiger partial charge is 0.469 e. The van der Waals surface area contributed by atoms with Gasteiger partial charge in [-0.15, -0.1) is 0 Å². The van der Waals surface area contributed by atoms with Gasteiger partial charge in [0.25, 0.3) is 0 Å². The number of hydroxylamine groups is 1. The fourth-order valence-electron chi connectivity index (χ4n) is 2.52. The van der Waals surface area contributed by atoms with Crippen LogP contribution in [0.3, 0.4) is 0 Å². The predicted molar refractivity (Wildman–Crippen MR) is 78.4 cm³/mol. The lowest BCUT2D eigenvalue weighted by Gasteiger charge is -2.05. The normalized spacial score (nSPS) is 20.2. The standard InChI is InChI=1S/C17H19NO3/c19-17(16-12-15(16)13-6-2-1-3-7-13)18-21-11-5-9-14-8-4-10-20-14/h1-4,6-8,10,15-16H,5,9,11-12H2,(H,18,19). The average Bonchev–Trinajstić information content (AvgIpc) is 3.16. The summed E-state index contributed by atoms with van der Waals surface area (Å²) in [6.45, 7) is 0.495. The monoisotopic (exact) mass is 285 g/mol. The van der Waals surface area contributed by atoms with Gasteiger partial charge in [0.1, 0.15) is 5.76 Å². The first-order valence-corrected chi connectivity index (χ1v) is 7.33. The molecule has 0 saturated heterocycles. The molecule has 1 fully saturated rings. The van der Waals surface area contributed by atoms with Crippen molar-refractivity contribution in [3.8, 4) is 0 Å². The second-order valence-corrected chi connectivity index (χ2v) is 5.36. The molecule has 1 heterocycles. The van der Waals surface area contributed by atoms with Crippen molar-refractivity contribution in [3.63, 3.8) is 0 Å². The number of benzene rings is 1. The van der Waals surface area contributed by atoms with Crippen molar-refractivity contribution in [1.82, 2.24) is 5.48 Å². The average molecular weight is 285 g/mol. The Morgan fingerprint density at radius 3 is 2.86 bits per heavy atom. The van der Waals surface area contributed by atoms with Crippen LogP contribution in [0.4, 0.5) is 0 Å². The van der Waals surface area contributed by atoms with Crippen molar-refractivity contribution in [2.75, 3.05) is 6.61 Å². The summed E-state index contributed by atoms with van der Waals surface area (Å²) in [5.74, 6) is 1.33. The Kier molecular flexibility index (Phi) is 4.36. The molecule has 1 aliphatic carbocycles. The van der Waals surface area contributed by atoms with E-state index >= 15 is 0 Å². The maximum Gasteiger partial charge on any atom is 0.247 e. The van der Waals surface area contributed by atoms with Gasteiger partial charge in [0, 0.05) is 12.3 Å². The molecule has 2 atom stereocenters. The predicted octanol–water partition coefficient (Wildman–Crippen LogP) is 3.06. The molecular formula is C17H19NO3. The molecule has 0 aliphatic heterocycles. The fourth-order valence-corrected chi connectivity index (χ4v) is 2.52. The summed E-state index contributed by atoms with van der Waals surface area (Å²) in [6.07, 6.45) is 4.21. The third-order valence-corrected chi connectivity index (χ3v) is 3.78. The van der Waals surface area contributed by atoms with Gasteiger partial charge in [-0.3, -0.25) is 9.63 Å². The van der Waals surface area contributed by atoms with Gasteiger partial charge < -0.3 is 4.42 Å². The summed E-state index contributed by atoms with van der Waals surface area (Å²) >= 11 is 0. The van der Waals surface area contributed by atoms with Crippen LogP contribution in [-0.2, 0) is 16.1 Å². The van der Waals surface area contributed by atoms with Crippen LogP contribution in [0.25, 0.3) is 0 Å². The minimum absolute atomic E-state index is 0.0122. The summed E-state index contributed by atoms with van der Waals surface area (Å²) < 4.78 is 5.23.